The van der Waals surface area contributed by atoms with Crippen molar-refractivity contribution in [1.29, 1.82) is 0 Å². The van der Waals surface area contributed by atoms with Crippen molar-refractivity contribution in [3.8, 4) is 0 Å². The summed E-state index contributed by atoms with van der Waals surface area (Å²) in [6.45, 7) is 11.6. The SMILES string of the molecule is C=CC1=Cc2cc3[nH]c(cc4cc(C)c(cc5nc(cc1n2)C=C5C=C)[nH]4)c(CCC(=O)NCC(=O)NCC(C(=O)O)c1cnc[nH]1)c3C. The van der Waals surface area contributed by atoms with E-state index < -0.39 is 17.8 Å². The number of imidazole rings is 1. The van der Waals surface area contributed by atoms with Gasteiger partial charge in [-0.2, -0.15) is 0 Å². The molecule has 8 bridgehead atoms. The van der Waals surface area contributed by atoms with E-state index in [0.29, 0.717) is 12.1 Å². The molecule has 0 aliphatic carbocycles. The predicted octanol–water partition coefficient (Wildman–Crippen LogP) is 5.14. The number of H-pyrrole nitrogens is 3. The van der Waals surface area contributed by atoms with Gasteiger partial charge in [0.2, 0.25) is 11.8 Å². The van der Waals surface area contributed by atoms with Crippen LogP contribution in [0.25, 0.3) is 45.4 Å². The largest absolute Gasteiger partial charge is 0.481 e. The fraction of sp³-hybridized carbons (Fsp3) is 0.189. The molecule has 2 aliphatic rings. The Morgan fingerprint density at radius 1 is 0.878 bits per heavy atom. The van der Waals surface area contributed by atoms with Crippen LogP contribution >= 0.6 is 0 Å². The molecular formula is C37H36N8O4. The molecule has 248 valence electrons. The van der Waals surface area contributed by atoms with Gasteiger partial charge in [-0.05, 0) is 79.4 Å². The molecule has 6 rings (SSSR count). The molecule has 0 fully saturated rings. The maximum atomic E-state index is 12.9. The van der Waals surface area contributed by atoms with Crippen molar-refractivity contribution in [2.24, 2.45) is 0 Å². The third kappa shape index (κ3) is 7.18. The van der Waals surface area contributed by atoms with Crippen molar-refractivity contribution in [2.45, 2.75) is 32.6 Å². The number of nitrogens with one attached hydrogen (secondary N) is 5. The number of fused-ring (bicyclic) bond motifs is 8. The number of aryl methyl sites for hydroxylation is 3. The molecular weight excluding hydrogens is 620 g/mol. The minimum Gasteiger partial charge on any atom is -0.481 e. The van der Waals surface area contributed by atoms with Crippen molar-refractivity contribution >= 4 is 63.1 Å². The van der Waals surface area contributed by atoms with Crippen LogP contribution in [0.15, 0.2) is 68.2 Å². The van der Waals surface area contributed by atoms with E-state index in [0.717, 1.165) is 72.7 Å². The Hall–Kier alpha value is -6.30. The Morgan fingerprint density at radius 2 is 1.59 bits per heavy atom. The fourth-order valence-corrected chi connectivity index (χ4v) is 5.89. The number of carbonyl (C=O) groups is 3. The van der Waals surface area contributed by atoms with Gasteiger partial charge in [-0.1, -0.05) is 25.3 Å². The quantitative estimate of drug-likeness (QED) is 0.129. The Kier molecular flexibility index (Phi) is 9.20. The summed E-state index contributed by atoms with van der Waals surface area (Å²) < 4.78 is 0. The first kappa shape index (κ1) is 32.6. The van der Waals surface area contributed by atoms with E-state index in [2.05, 4.69) is 49.8 Å². The zero-order chi connectivity index (χ0) is 34.7. The third-order valence-electron chi connectivity index (χ3n) is 8.57. The molecule has 0 aromatic carbocycles. The van der Waals surface area contributed by atoms with Crippen LogP contribution in [0.3, 0.4) is 0 Å². The molecule has 12 nitrogen and oxygen atoms in total. The lowest BCUT2D eigenvalue weighted by Crippen LogP contribution is -2.39. The second-order valence-corrected chi connectivity index (χ2v) is 11.9. The predicted molar refractivity (Wildman–Crippen MR) is 190 cm³/mol. The van der Waals surface area contributed by atoms with Crippen LogP contribution in [0.4, 0.5) is 0 Å². The van der Waals surface area contributed by atoms with Gasteiger partial charge in [-0.15, -0.1) is 0 Å². The highest BCUT2D eigenvalue weighted by Gasteiger charge is 2.22. The number of carboxylic acids is 1. The summed E-state index contributed by atoms with van der Waals surface area (Å²) in [5.74, 6) is -2.89. The van der Waals surface area contributed by atoms with E-state index in [1.165, 1.54) is 12.5 Å². The average molecular weight is 657 g/mol. The molecule has 0 saturated carbocycles. The Morgan fingerprint density at radius 3 is 2.27 bits per heavy atom. The highest BCUT2D eigenvalue weighted by atomic mass is 16.4. The van der Waals surface area contributed by atoms with Crippen molar-refractivity contribution < 1.29 is 19.5 Å². The number of carboxylic acid groups (broad SMARTS) is 1. The van der Waals surface area contributed by atoms with E-state index in [-0.39, 0.29) is 25.4 Å². The van der Waals surface area contributed by atoms with Gasteiger partial charge in [-0.3, -0.25) is 14.4 Å². The van der Waals surface area contributed by atoms with Crippen LogP contribution in [0.5, 0.6) is 0 Å². The molecule has 6 N–H and O–H groups in total. The van der Waals surface area contributed by atoms with Crippen LogP contribution in [0.1, 0.15) is 57.5 Å². The summed E-state index contributed by atoms with van der Waals surface area (Å²) in [4.78, 5) is 60.3. The van der Waals surface area contributed by atoms with Gasteiger partial charge < -0.3 is 30.7 Å². The standard InChI is InChI=1S/C37H36N8O4/c1-5-22-10-25-12-30-21(4)27(7-8-35(46)40-18-36(47)39-16-28(37(48)49)34-17-38-19-41-34)33(45-30)14-24-9-20(3)29(42-24)15-32-23(6-2)11-26(44-32)13-31(22)43-25/h5-6,9-15,17,19,28,42,45H,1-2,7-8,16,18H2,3-4H3,(H,38,41)(H,39,47)(H,40,46)(H,48,49). The monoisotopic (exact) mass is 656 g/mol. The van der Waals surface area contributed by atoms with Gasteiger partial charge in [-0.25, -0.2) is 15.0 Å². The lowest BCUT2D eigenvalue weighted by atomic mass is 10.1. The second kappa shape index (κ2) is 13.8. The summed E-state index contributed by atoms with van der Waals surface area (Å²) in [7, 11) is 0. The summed E-state index contributed by atoms with van der Waals surface area (Å²) in [5.41, 5.74) is 11.7. The topological polar surface area (TPSA) is 182 Å². The zero-order valence-electron chi connectivity index (χ0n) is 27.2. The van der Waals surface area contributed by atoms with Gasteiger partial charge in [0.25, 0.3) is 0 Å². The first-order valence-electron chi connectivity index (χ1n) is 15.8. The molecule has 0 spiro atoms. The van der Waals surface area contributed by atoms with Gasteiger partial charge in [0.15, 0.2) is 0 Å². The number of hydrogen-bond donors (Lipinski definition) is 6. The average Bonchev–Trinajstić information content (AvgIpc) is 3.90. The second-order valence-electron chi connectivity index (χ2n) is 11.9. The first-order valence-corrected chi connectivity index (χ1v) is 15.8. The number of nitrogens with zero attached hydrogens (tertiary/aromatic N) is 3. The van der Waals surface area contributed by atoms with E-state index >= 15 is 0 Å². The zero-order valence-corrected chi connectivity index (χ0v) is 27.2. The van der Waals surface area contributed by atoms with E-state index in [1.807, 2.05) is 50.3 Å². The number of rotatable bonds is 11. The third-order valence-corrected chi connectivity index (χ3v) is 8.57. The lowest BCUT2D eigenvalue weighted by Gasteiger charge is -2.12. The molecule has 2 aliphatic heterocycles. The summed E-state index contributed by atoms with van der Waals surface area (Å²) in [6, 6.07) is 10.00. The van der Waals surface area contributed by atoms with Gasteiger partial charge in [0.05, 0.1) is 41.3 Å². The van der Waals surface area contributed by atoms with Crippen LogP contribution in [0, 0.1) is 13.8 Å². The van der Waals surface area contributed by atoms with Crippen LogP contribution < -0.4 is 10.6 Å². The number of hydrogen-bond acceptors (Lipinski definition) is 6. The molecule has 2 amide bonds. The molecule has 49 heavy (non-hydrogen) atoms. The van der Waals surface area contributed by atoms with Crippen molar-refractivity contribution in [3.05, 3.63) is 113 Å². The van der Waals surface area contributed by atoms with Crippen LogP contribution in [0.2, 0.25) is 0 Å². The van der Waals surface area contributed by atoms with E-state index in [1.54, 1.807) is 12.2 Å². The Labute approximate surface area is 281 Å². The fourth-order valence-electron chi connectivity index (χ4n) is 5.89. The molecule has 1 unspecified atom stereocenters. The molecule has 12 heteroatoms. The number of allylic oxidation sites excluding steroid dienone is 4. The highest BCUT2D eigenvalue weighted by Crippen LogP contribution is 2.29. The minimum absolute atomic E-state index is 0.129. The number of aliphatic carboxylic acids is 1. The molecule has 6 heterocycles. The Balaban J connectivity index is 1.28. The highest BCUT2D eigenvalue weighted by molar-refractivity contribution is 5.92. The number of aromatic amines is 3. The maximum absolute atomic E-state index is 12.9. The molecule has 4 aromatic heterocycles. The van der Waals surface area contributed by atoms with Crippen molar-refractivity contribution in [3.63, 3.8) is 0 Å². The minimum atomic E-state index is -1.10. The summed E-state index contributed by atoms with van der Waals surface area (Å²) >= 11 is 0. The van der Waals surface area contributed by atoms with Crippen molar-refractivity contribution in [2.75, 3.05) is 13.1 Å². The summed E-state index contributed by atoms with van der Waals surface area (Å²) in [5, 5.41) is 14.7. The molecule has 0 saturated heterocycles. The van der Waals surface area contributed by atoms with E-state index in [4.69, 9.17) is 9.97 Å². The van der Waals surface area contributed by atoms with Crippen molar-refractivity contribution in [1.82, 2.24) is 40.5 Å². The van der Waals surface area contributed by atoms with Gasteiger partial charge >= 0.3 is 5.97 Å². The number of carbonyl (C=O) groups excluding carboxylic acids is 2. The van der Waals surface area contributed by atoms with Gasteiger partial charge in [0, 0.05) is 52.4 Å². The molecule has 0 radical (unpaired) electrons. The van der Waals surface area contributed by atoms with Crippen LogP contribution in [-0.4, -0.2) is 65.9 Å². The number of aromatic nitrogens is 6. The lowest BCUT2D eigenvalue weighted by molar-refractivity contribution is -0.139. The molecule has 1 atom stereocenters. The normalized spacial score (nSPS) is 12.9. The number of amides is 2. The smallest absolute Gasteiger partial charge is 0.314 e. The van der Waals surface area contributed by atoms with Gasteiger partial charge in [0.1, 0.15) is 5.92 Å². The first-order chi connectivity index (χ1) is 23.6. The Bertz CT molecular complexity index is 2220. The van der Waals surface area contributed by atoms with Crippen LogP contribution in [-0.2, 0) is 20.8 Å². The maximum Gasteiger partial charge on any atom is 0.314 e. The molecule has 4 aromatic rings. The summed E-state index contributed by atoms with van der Waals surface area (Å²) in [6.07, 6.45) is 10.8. The van der Waals surface area contributed by atoms with E-state index in [9.17, 15) is 19.5 Å².